The highest BCUT2D eigenvalue weighted by atomic mass is 32.2. The summed E-state index contributed by atoms with van der Waals surface area (Å²) in [6.07, 6.45) is 1.35. The van der Waals surface area contributed by atoms with Crippen molar-refractivity contribution in [1.29, 1.82) is 0 Å². The molecule has 0 saturated carbocycles. The number of hydrogen-bond donors (Lipinski definition) is 0. The zero-order valence-electron chi connectivity index (χ0n) is 18.1. The van der Waals surface area contributed by atoms with Gasteiger partial charge >= 0.3 is 0 Å². The van der Waals surface area contributed by atoms with Gasteiger partial charge in [0.05, 0.1) is 5.60 Å². The molecule has 2 aromatic carbocycles. The predicted octanol–water partition coefficient (Wildman–Crippen LogP) is 5.58. The van der Waals surface area contributed by atoms with Gasteiger partial charge in [-0.15, -0.1) is 11.8 Å². The van der Waals surface area contributed by atoms with Gasteiger partial charge in [-0.2, -0.15) is 5.06 Å². The fraction of sp³-hybridized carbons (Fsp3) is 0.500. The molecule has 0 aromatic heterocycles. The lowest BCUT2D eigenvalue weighted by Crippen LogP contribution is -2.35. The van der Waals surface area contributed by atoms with Crippen LogP contribution < -0.4 is 0 Å². The molecule has 0 spiro atoms. The van der Waals surface area contributed by atoms with Gasteiger partial charge in [0.25, 0.3) is 0 Å². The first-order valence-corrected chi connectivity index (χ1v) is 11.6. The van der Waals surface area contributed by atoms with Crippen molar-refractivity contribution in [3.8, 4) is 0 Å². The van der Waals surface area contributed by atoms with Crippen molar-refractivity contribution in [2.24, 2.45) is 0 Å². The first-order valence-electron chi connectivity index (χ1n) is 10.6. The van der Waals surface area contributed by atoms with Gasteiger partial charge in [0.1, 0.15) is 11.9 Å². The van der Waals surface area contributed by atoms with E-state index >= 15 is 0 Å². The lowest BCUT2D eigenvalue weighted by molar-refractivity contribution is -0.188. The van der Waals surface area contributed by atoms with Gasteiger partial charge in [-0.3, -0.25) is 4.84 Å². The maximum atomic E-state index is 14.5. The fourth-order valence-corrected chi connectivity index (χ4v) is 4.80. The number of ether oxygens (including phenoxy) is 2. The maximum absolute atomic E-state index is 14.5. The van der Waals surface area contributed by atoms with Crippen molar-refractivity contribution in [2.75, 3.05) is 39.2 Å². The minimum atomic E-state index is -0.480. The molecule has 1 heterocycles. The molecule has 0 amide bonds. The van der Waals surface area contributed by atoms with E-state index in [1.807, 2.05) is 23.3 Å². The molecule has 164 valence electrons. The van der Waals surface area contributed by atoms with Crippen LogP contribution in [0.4, 0.5) is 4.39 Å². The Morgan fingerprint density at radius 2 is 1.80 bits per heavy atom. The molecule has 3 rings (SSSR count). The van der Waals surface area contributed by atoms with E-state index in [1.165, 1.54) is 0 Å². The first-order chi connectivity index (χ1) is 14.6. The van der Waals surface area contributed by atoms with Crippen LogP contribution in [0.15, 0.2) is 53.4 Å². The Labute approximate surface area is 183 Å². The van der Waals surface area contributed by atoms with Crippen LogP contribution in [0.5, 0.6) is 0 Å². The van der Waals surface area contributed by atoms with E-state index < -0.39 is 5.60 Å². The van der Waals surface area contributed by atoms with Gasteiger partial charge in [0.15, 0.2) is 0 Å². The smallest absolute Gasteiger partial charge is 0.124 e. The van der Waals surface area contributed by atoms with E-state index in [4.69, 9.17) is 14.3 Å². The Balaban J connectivity index is 1.79. The number of hydroxylamine groups is 2. The van der Waals surface area contributed by atoms with E-state index in [1.54, 1.807) is 31.0 Å². The molecular weight excluding hydrogens is 401 g/mol. The Morgan fingerprint density at radius 3 is 2.43 bits per heavy atom. The summed E-state index contributed by atoms with van der Waals surface area (Å²) >= 11 is 1.61. The van der Waals surface area contributed by atoms with E-state index in [0.29, 0.717) is 19.0 Å². The van der Waals surface area contributed by atoms with Crippen LogP contribution in [0, 0.1) is 5.82 Å². The quantitative estimate of drug-likeness (QED) is 0.360. The highest BCUT2D eigenvalue weighted by molar-refractivity contribution is 7.99. The fourth-order valence-electron chi connectivity index (χ4n) is 3.80. The third-order valence-corrected chi connectivity index (χ3v) is 6.68. The summed E-state index contributed by atoms with van der Waals surface area (Å²) in [7, 11) is 1.70. The lowest BCUT2D eigenvalue weighted by Gasteiger charge is -2.36. The number of thioether (sulfide) groups is 1. The van der Waals surface area contributed by atoms with Crippen molar-refractivity contribution in [3.63, 3.8) is 0 Å². The molecule has 1 fully saturated rings. The average molecular weight is 434 g/mol. The summed E-state index contributed by atoms with van der Waals surface area (Å²) in [5.41, 5.74) is 1.52. The van der Waals surface area contributed by atoms with Crippen molar-refractivity contribution in [3.05, 3.63) is 65.5 Å². The molecule has 2 aromatic rings. The maximum Gasteiger partial charge on any atom is 0.124 e. The zero-order valence-corrected chi connectivity index (χ0v) is 18.9. The number of nitrogens with zero attached hydrogens (tertiary/aromatic N) is 1. The zero-order chi connectivity index (χ0) is 21.4. The van der Waals surface area contributed by atoms with Gasteiger partial charge in [-0.25, -0.2) is 4.39 Å². The topological polar surface area (TPSA) is 30.9 Å². The van der Waals surface area contributed by atoms with Crippen molar-refractivity contribution >= 4 is 11.8 Å². The molecular formula is C24H32FNO3S. The molecule has 1 saturated heterocycles. The lowest BCUT2D eigenvalue weighted by atomic mass is 9.86. The standard InChI is InChI=1S/C24H32FNO3S/c1-4-26(5-2)29-23(19-9-7-6-8-10-19)18-30-22-16-20(15-21(25)17-22)24(27-3)11-13-28-14-12-24/h6-10,15-17,23H,4-5,11-14,18H2,1-3H3. The van der Waals surface area contributed by atoms with Crippen LogP contribution in [0.3, 0.4) is 0 Å². The van der Waals surface area contributed by atoms with Crippen LogP contribution in [-0.4, -0.2) is 44.2 Å². The SMILES string of the molecule is CCN(CC)OC(CSc1cc(F)cc(C2(OC)CCOCC2)c1)c1ccccc1. The van der Waals surface area contributed by atoms with Crippen LogP contribution in [0.25, 0.3) is 0 Å². The Bertz CT molecular complexity index is 779. The highest BCUT2D eigenvalue weighted by Gasteiger charge is 2.35. The van der Waals surface area contributed by atoms with Gasteiger partial charge < -0.3 is 9.47 Å². The van der Waals surface area contributed by atoms with Gasteiger partial charge in [-0.1, -0.05) is 44.2 Å². The van der Waals surface area contributed by atoms with Crippen LogP contribution in [0.2, 0.25) is 0 Å². The van der Waals surface area contributed by atoms with E-state index in [2.05, 4.69) is 32.0 Å². The van der Waals surface area contributed by atoms with Gasteiger partial charge in [0.2, 0.25) is 0 Å². The molecule has 1 aliphatic heterocycles. The molecule has 6 heteroatoms. The highest BCUT2D eigenvalue weighted by Crippen LogP contribution is 2.38. The second kappa shape index (κ2) is 11.3. The number of rotatable bonds is 10. The third-order valence-electron chi connectivity index (χ3n) is 5.64. The predicted molar refractivity (Wildman–Crippen MR) is 119 cm³/mol. The van der Waals surface area contributed by atoms with E-state index in [-0.39, 0.29) is 11.9 Å². The van der Waals surface area contributed by atoms with Crippen molar-refractivity contribution < 1.29 is 18.7 Å². The third kappa shape index (κ3) is 5.83. The Kier molecular flexibility index (Phi) is 8.72. The Morgan fingerprint density at radius 1 is 1.10 bits per heavy atom. The number of benzene rings is 2. The molecule has 4 nitrogen and oxygen atoms in total. The summed E-state index contributed by atoms with van der Waals surface area (Å²) < 4.78 is 25.9. The van der Waals surface area contributed by atoms with Crippen molar-refractivity contribution in [1.82, 2.24) is 5.06 Å². The number of halogens is 1. The van der Waals surface area contributed by atoms with Gasteiger partial charge in [-0.05, 0) is 29.3 Å². The number of methoxy groups -OCH3 is 1. The number of hydrogen-bond acceptors (Lipinski definition) is 5. The minimum Gasteiger partial charge on any atom is -0.381 e. The van der Waals surface area contributed by atoms with Crippen LogP contribution in [-0.2, 0) is 19.9 Å². The molecule has 30 heavy (non-hydrogen) atoms. The second-order valence-corrected chi connectivity index (χ2v) is 8.51. The van der Waals surface area contributed by atoms with Crippen LogP contribution in [0.1, 0.15) is 43.9 Å². The Hall–Kier alpha value is -1.44. The average Bonchev–Trinajstić information content (AvgIpc) is 2.80. The van der Waals surface area contributed by atoms with E-state index in [9.17, 15) is 4.39 Å². The van der Waals surface area contributed by atoms with Crippen molar-refractivity contribution in [2.45, 2.75) is 43.3 Å². The summed E-state index contributed by atoms with van der Waals surface area (Å²) in [6.45, 7) is 7.03. The normalized spacial score (nSPS) is 17.2. The monoisotopic (exact) mass is 433 g/mol. The van der Waals surface area contributed by atoms with E-state index in [0.717, 1.165) is 42.0 Å². The largest absolute Gasteiger partial charge is 0.381 e. The van der Waals surface area contributed by atoms with Gasteiger partial charge in [0, 0.05) is 56.9 Å². The minimum absolute atomic E-state index is 0.109. The molecule has 1 aliphatic rings. The molecule has 0 aliphatic carbocycles. The van der Waals surface area contributed by atoms with Crippen LogP contribution >= 0.6 is 11.8 Å². The molecule has 1 atom stereocenters. The molecule has 0 bridgehead atoms. The molecule has 0 N–H and O–H groups in total. The first kappa shape index (κ1) is 23.2. The summed E-state index contributed by atoms with van der Waals surface area (Å²) in [4.78, 5) is 7.14. The summed E-state index contributed by atoms with van der Waals surface area (Å²) in [5, 5.41) is 1.96. The second-order valence-electron chi connectivity index (χ2n) is 7.42. The molecule has 1 unspecified atom stereocenters. The summed E-state index contributed by atoms with van der Waals surface area (Å²) in [5.74, 6) is 0.450. The summed E-state index contributed by atoms with van der Waals surface area (Å²) in [6, 6.07) is 15.4. The molecule has 0 radical (unpaired) electrons.